The van der Waals surface area contributed by atoms with Gasteiger partial charge >= 0.3 is 0 Å². The molecule has 0 radical (unpaired) electrons. The van der Waals surface area contributed by atoms with Gasteiger partial charge in [0.15, 0.2) is 11.8 Å². The SMILES string of the molecule is COc1ccc2cc(C(=O)C(N=O)c3ccnc(F)c3)ccc2c1. The minimum atomic E-state index is -1.31. The molecule has 2 aromatic carbocycles. The van der Waals surface area contributed by atoms with E-state index in [9.17, 15) is 14.1 Å². The van der Waals surface area contributed by atoms with Crippen LogP contribution in [0, 0.1) is 10.9 Å². The molecule has 0 aliphatic rings. The fraction of sp³-hybridized carbons (Fsp3) is 0.111. The Morgan fingerprint density at radius 3 is 2.58 bits per heavy atom. The molecule has 24 heavy (non-hydrogen) atoms. The second kappa shape index (κ2) is 6.54. The lowest BCUT2D eigenvalue weighted by atomic mass is 9.97. The second-order valence-corrected chi connectivity index (χ2v) is 5.21. The molecule has 3 aromatic rings. The lowest BCUT2D eigenvalue weighted by molar-refractivity contribution is 0.0962. The Morgan fingerprint density at radius 2 is 1.88 bits per heavy atom. The average Bonchev–Trinajstić information content (AvgIpc) is 2.61. The molecule has 0 saturated heterocycles. The summed E-state index contributed by atoms with van der Waals surface area (Å²) < 4.78 is 18.4. The molecule has 0 bridgehead atoms. The van der Waals surface area contributed by atoms with Gasteiger partial charge in [0, 0.05) is 11.8 Å². The monoisotopic (exact) mass is 324 g/mol. The summed E-state index contributed by atoms with van der Waals surface area (Å²) in [6.07, 6.45) is 1.20. The summed E-state index contributed by atoms with van der Waals surface area (Å²) >= 11 is 0. The summed E-state index contributed by atoms with van der Waals surface area (Å²) in [5, 5.41) is 4.59. The van der Waals surface area contributed by atoms with Gasteiger partial charge in [0.25, 0.3) is 0 Å². The van der Waals surface area contributed by atoms with Crippen LogP contribution >= 0.6 is 0 Å². The van der Waals surface area contributed by atoms with Crippen molar-refractivity contribution in [1.29, 1.82) is 0 Å². The van der Waals surface area contributed by atoms with Crippen LogP contribution in [0.5, 0.6) is 5.75 Å². The normalized spacial score (nSPS) is 11.9. The highest BCUT2D eigenvalue weighted by molar-refractivity contribution is 6.03. The number of ketones is 1. The summed E-state index contributed by atoms with van der Waals surface area (Å²) in [5.41, 5.74) is 0.506. The highest BCUT2D eigenvalue weighted by Crippen LogP contribution is 2.26. The molecule has 0 spiro atoms. The fourth-order valence-corrected chi connectivity index (χ4v) is 2.51. The quantitative estimate of drug-likeness (QED) is 0.403. The molecule has 1 heterocycles. The van der Waals surface area contributed by atoms with Crippen molar-refractivity contribution in [2.75, 3.05) is 7.11 Å². The van der Waals surface area contributed by atoms with Gasteiger partial charge in [-0.25, -0.2) is 4.98 Å². The van der Waals surface area contributed by atoms with Crippen LogP contribution in [0.15, 0.2) is 59.9 Å². The number of nitroso groups, excluding NO2 is 1. The number of pyridine rings is 1. The van der Waals surface area contributed by atoms with E-state index in [1.54, 1.807) is 31.4 Å². The number of rotatable bonds is 5. The van der Waals surface area contributed by atoms with Crippen LogP contribution in [0.3, 0.4) is 0 Å². The lowest BCUT2D eigenvalue weighted by Gasteiger charge is -2.10. The van der Waals surface area contributed by atoms with Crippen molar-refractivity contribution < 1.29 is 13.9 Å². The average molecular weight is 324 g/mol. The minimum Gasteiger partial charge on any atom is -0.497 e. The molecule has 1 unspecified atom stereocenters. The maximum absolute atomic E-state index is 13.2. The van der Waals surface area contributed by atoms with Gasteiger partial charge in [0.05, 0.1) is 7.11 Å². The Kier molecular flexibility index (Phi) is 4.29. The molecule has 120 valence electrons. The summed E-state index contributed by atoms with van der Waals surface area (Å²) in [7, 11) is 1.58. The molecule has 1 atom stereocenters. The van der Waals surface area contributed by atoms with Gasteiger partial charge in [-0.1, -0.05) is 23.4 Å². The van der Waals surface area contributed by atoms with E-state index in [1.165, 1.54) is 12.3 Å². The number of aromatic nitrogens is 1. The predicted octanol–water partition coefficient (Wildman–Crippen LogP) is 4.07. The Morgan fingerprint density at radius 1 is 1.12 bits per heavy atom. The molecule has 0 aliphatic heterocycles. The number of carbonyl (C=O) groups excluding carboxylic acids is 1. The van der Waals surface area contributed by atoms with Crippen molar-refractivity contribution in [3.05, 3.63) is 76.7 Å². The first-order chi connectivity index (χ1) is 11.6. The molecular formula is C18H13FN2O3. The molecule has 1 aromatic heterocycles. The van der Waals surface area contributed by atoms with E-state index in [-0.39, 0.29) is 5.56 Å². The molecule has 0 aliphatic carbocycles. The first-order valence-electron chi connectivity index (χ1n) is 7.18. The van der Waals surface area contributed by atoms with Crippen LogP contribution in [-0.4, -0.2) is 17.9 Å². The van der Waals surface area contributed by atoms with Crippen LogP contribution in [0.2, 0.25) is 0 Å². The maximum Gasteiger partial charge on any atom is 0.213 e. The molecule has 0 fully saturated rings. The zero-order valence-electron chi connectivity index (χ0n) is 12.8. The van der Waals surface area contributed by atoms with E-state index < -0.39 is 17.8 Å². The van der Waals surface area contributed by atoms with E-state index in [2.05, 4.69) is 10.2 Å². The first-order valence-corrected chi connectivity index (χ1v) is 7.18. The highest BCUT2D eigenvalue weighted by Gasteiger charge is 2.24. The van der Waals surface area contributed by atoms with E-state index >= 15 is 0 Å². The van der Waals surface area contributed by atoms with Crippen LogP contribution in [0.4, 0.5) is 4.39 Å². The van der Waals surface area contributed by atoms with Gasteiger partial charge < -0.3 is 4.74 Å². The van der Waals surface area contributed by atoms with E-state index in [0.717, 1.165) is 16.8 Å². The third kappa shape index (κ3) is 2.99. The van der Waals surface area contributed by atoms with E-state index in [0.29, 0.717) is 11.3 Å². The second-order valence-electron chi connectivity index (χ2n) is 5.21. The first kappa shape index (κ1) is 15.7. The number of benzene rings is 2. The molecule has 3 rings (SSSR count). The number of ether oxygens (including phenoxy) is 1. The topological polar surface area (TPSA) is 68.6 Å². The van der Waals surface area contributed by atoms with Crippen molar-refractivity contribution in [3.8, 4) is 5.75 Å². The highest BCUT2D eigenvalue weighted by atomic mass is 19.1. The molecular weight excluding hydrogens is 311 g/mol. The summed E-state index contributed by atoms with van der Waals surface area (Å²) in [4.78, 5) is 27.2. The zero-order chi connectivity index (χ0) is 17.1. The van der Waals surface area contributed by atoms with Crippen LogP contribution in [-0.2, 0) is 0 Å². The Labute approximate surface area is 137 Å². The zero-order valence-corrected chi connectivity index (χ0v) is 12.8. The largest absolute Gasteiger partial charge is 0.497 e. The third-order valence-corrected chi connectivity index (χ3v) is 3.75. The van der Waals surface area contributed by atoms with Crippen molar-refractivity contribution >= 4 is 16.6 Å². The van der Waals surface area contributed by atoms with E-state index in [1.807, 2.05) is 12.1 Å². The van der Waals surface area contributed by atoms with Crippen molar-refractivity contribution in [2.24, 2.45) is 5.18 Å². The number of methoxy groups -OCH3 is 1. The number of Topliss-reactive ketones (excluding diaryl/α,β-unsaturated/α-hetero) is 1. The number of carbonyl (C=O) groups is 1. The Balaban J connectivity index is 1.98. The maximum atomic E-state index is 13.2. The van der Waals surface area contributed by atoms with E-state index in [4.69, 9.17) is 4.74 Å². The van der Waals surface area contributed by atoms with Crippen molar-refractivity contribution in [2.45, 2.75) is 6.04 Å². The molecule has 6 heteroatoms. The smallest absolute Gasteiger partial charge is 0.213 e. The number of halogens is 1. The predicted molar refractivity (Wildman–Crippen MR) is 87.6 cm³/mol. The van der Waals surface area contributed by atoms with Crippen molar-refractivity contribution in [3.63, 3.8) is 0 Å². The van der Waals surface area contributed by atoms with Gasteiger partial charge in [0.1, 0.15) is 5.75 Å². The molecule has 0 amide bonds. The number of hydrogen-bond donors (Lipinski definition) is 0. The van der Waals surface area contributed by atoms with Crippen LogP contribution in [0.25, 0.3) is 10.8 Å². The summed E-state index contributed by atoms with van der Waals surface area (Å²) in [6.45, 7) is 0. The lowest BCUT2D eigenvalue weighted by Crippen LogP contribution is -2.11. The summed E-state index contributed by atoms with van der Waals surface area (Å²) in [5.74, 6) is -0.547. The number of hydrogen-bond acceptors (Lipinski definition) is 5. The molecule has 5 nitrogen and oxygen atoms in total. The van der Waals surface area contributed by atoms with Gasteiger partial charge in [-0.15, -0.1) is 4.91 Å². The van der Waals surface area contributed by atoms with Gasteiger partial charge in [-0.3, -0.25) is 4.79 Å². The third-order valence-electron chi connectivity index (χ3n) is 3.75. The van der Waals surface area contributed by atoms with Gasteiger partial charge in [-0.05, 0) is 46.7 Å². The van der Waals surface area contributed by atoms with Crippen LogP contribution in [0.1, 0.15) is 22.0 Å². The van der Waals surface area contributed by atoms with Gasteiger partial charge in [-0.2, -0.15) is 4.39 Å². The minimum absolute atomic E-state index is 0.178. The number of nitrogens with zero attached hydrogens (tertiary/aromatic N) is 2. The van der Waals surface area contributed by atoms with Gasteiger partial charge in [0.2, 0.25) is 5.95 Å². The molecule has 0 N–H and O–H groups in total. The number of fused-ring (bicyclic) bond motifs is 1. The fourth-order valence-electron chi connectivity index (χ4n) is 2.51. The Hall–Kier alpha value is -3.15. The Bertz CT molecular complexity index is 927. The van der Waals surface area contributed by atoms with Crippen molar-refractivity contribution in [1.82, 2.24) is 4.98 Å². The van der Waals surface area contributed by atoms with Crippen LogP contribution < -0.4 is 4.74 Å². The standard InChI is InChI=1S/C18H13FN2O3/c1-24-15-5-4-11-8-14(3-2-12(11)9-15)18(22)17(21-23)13-6-7-20-16(19)10-13/h2-10,17H,1H3. The summed E-state index contributed by atoms with van der Waals surface area (Å²) in [6, 6.07) is 11.6. The molecule has 0 saturated carbocycles.